The Labute approximate surface area is 92.8 Å². The van der Waals surface area contributed by atoms with Crippen molar-refractivity contribution in [2.75, 3.05) is 0 Å². The minimum absolute atomic E-state index is 0.0454. The average Bonchev–Trinajstić information content (AvgIpc) is 2.29. The van der Waals surface area contributed by atoms with Gasteiger partial charge in [-0.3, -0.25) is 0 Å². The Morgan fingerprint density at radius 1 is 0.875 bits per heavy atom. The van der Waals surface area contributed by atoms with E-state index in [2.05, 4.69) is 0 Å². The van der Waals surface area contributed by atoms with Gasteiger partial charge in [0.15, 0.2) is 0 Å². The third-order valence-corrected chi connectivity index (χ3v) is 3.11. The summed E-state index contributed by atoms with van der Waals surface area (Å²) in [5, 5.41) is 0. The third-order valence-electron chi connectivity index (χ3n) is 3.11. The van der Waals surface area contributed by atoms with Crippen LogP contribution in [0.3, 0.4) is 0 Å². The van der Waals surface area contributed by atoms with Crippen LogP contribution in [0.25, 0.3) is 0 Å². The maximum Gasteiger partial charge on any atom is 0.427 e. The number of hydrogen-bond donors (Lipinski definition) is 0. The van der Waals surface area contributed by atoms with E-state index in [1.165, 1.54) is 0 Å². The van der Waals surface area contributed by atoms with Crippen molar-refractivity contribution in [3.8, 4) is 0 Å². The Morgan fingerprint density at radius 3 is 2.31 bits per heavy atom. The van der Waals surface area contributed by atoms with Gasteiger partial charge in [0.1, 0.15) is 5.76 Å². The van der Waals surface area contributed by atoms with Gasteiger partial charge in [-0.25, -0.2) is 0 Å². The van der Waals surface area contributed by atoms with Gasteiger partial charge >= 0.3 is 6.11 Å². The first-order valence-corrected chi connectivity index (χ1v) is 5.57. The van der Waals surface area contributed by atoms with E-state index in [-0.39, 0.29) is 5.57 Å². The van der Waals surface area contributed by atoms with Crippen LogP contribution in [-0.4, -0.2) is 6.11 Å². The Hall–Kier alpha value is -1.38. The van der Waals surface area contributed by atoms with Crippen molar-refractivity contribution in [3.63, 3.8) is 0 Å². The van der Waals surface area contributed by atoms with Crippen molar-refractivity contribution < 1.29 is 13.5 Å². The minimum atomic E-state index is -3.16. The van der Waals surface area contributed by atoms with Crippen molar-refractivity contribution in [1.82, 2.24) is 0 Å². The zero-order valence-corrected chi connectivity index (χ0v) is 8.80. The second kappa shape index (κ2) is 3.30. The van der Waals surface area contributed by atoms with Crippen molar-refractivity contribution in [3.05, 3.63) is 46.8 Å². The van der Waals surface area contributed by atoms with E-state index in [9.17, 15) is 8.78 Å². The molecule has 0 amide bonds. The number of halogens is 2. The summed E-state index contributed by atoms with van der Waals surface area (Å²) in [6.07, 6.45) is 7.28. The van der Waals surface area contributed by atoms with Crippen LogP contribution in [0.4, 0.5) is 8.78 Å². The van der Waals surface area contributed by atoms with Gasteiger partial charge in [0.2, 0.25) is 0 Å². The van der Waals surface area contributed by atoms with Crippen molar-refractivity contribution in [2.24, 2.45) is 0 Å². The summed E-state index contributed by atoms with van der Waals surface area (Å²) in [6, 6.07) is 0. The van der Waals surface area contributed by atoms with Gasteiger partial charge in [-0.05, 0) is 37.3 Å². The molecule has 1 nitrogen and oxygen atoms in total. The molecule has 0 atom stereocenters. The van der Waals surface area contributed by atoms with E-state index >= 15 is 0 Å². The van der Waals surface area contributed by atoms with Gasteiger partial charge < -0.3 is 4.74 Å². The molecule has 0 radical (unpaired) electrons. The Bertz CT molecular complexity index is 453. The Balaban J connectivity index is 2.12. The SMILES string of the molecule is FC1(F)OC2=CCCC=C2C2=CCCC=C21. The fourth-order valence-electron chi connectivity index (χ4n) is 2.39. The van der Waals surface area contributed by atoms with Crippen molar-refractivity contribution in [1.29, 1.82) is 0 Å². The quantitative estimate of drug-likeness (QED) is 0.604. The standard InChI is InChI=1S/C13H12F2O/c14-13(15)11-7-3-1-5-9(11)10-6-2-4-8-12(10)16-13/h5-8H,1-4H2. The molecule has 1 fully saturated rings. The van der Waals surface area contributed by atoms with E-state index in [0.717, 1.165) is 24.8 Å². The molecular formula is C13H12F2O. The highest BCUT2D eigenvalue weighted by atomic mass is 19.3. The normalized spacial score (nSPS) is 26.4. The second-order valence-electron chi connectivity index (χ2n) is 4.20. The minimum Gasteiger partial charge on any atom is -0.429 e. The lowest BCUT2D eigenvalue weighted by atomic mass is 9.85. The van der Waals surface area contributed by atoms with Gasteiger partial charge in [-0.2, -0.15) is 8.78 Å². The van der Waals surface area contributed by atoms with E-state index in [1.807, 2.05) is 12.2 Å². The van der Waals surface area contributed by atoms with Crippen molar-refractivity contribution in [2.45, 2.75) is 31.8 Å². The summed E-state index contributed by atoms with van der Waals surface area (Å²) < 4.78 is 32.2. The van der Waals surface area contributed by atoms with E-state index in [1.54, 1.807) is 12.2 Å². The van der Waals surface area contributed by atoms with E-state index < -0.39 is 6.11 Å². The molecule has 1 aliphatic heterocycles. The number of fused-ring (bicyclic) bond motifs is 3. The monoisotopic (exact) mass is 222 g/mol. The Kier molecular flexibility index (Phi) is 2.03. The van der Waals surface area contributed by atoms with Crippen LogP contribution in [0.5, 0.6) is 0 Å². The van der Waals surface area contributed by atoms with Crippen LogP contribution in [0.1, 0.15) is 25.7 Å². The predicted octanol–water partition coefficient (Wildman–Crippen LogP) is 3.86. The van der Waals surface area contributed by atoms with Crippen LogP contribution in [-0.2, 0) is 4.74 Å². The first-order chi connectivity index (χ1) is 7.68. The summed E-state index contributed by atoms with van der Waals surface area (Å²) in [5.74, 6) is 0.349. The molecule has 1 heterocycles. The molecule has 0 N–H and O–H groups in total. The fourth-order valence-corrected chi connectivity index (χ4v) is 2.39. The zero-order chi connectivity index (χ0) is 11.2. The van der Waals surface area contributed by atoms with Gasteiger partial charge in [0.05, 0.1) is 5.57 Å². The summed E-state index contributed by atoms with van der Waals surface area (Å²) >= 11 is 0. The second-order valence-corrected chi connectivity index (χ2v) is 4.20. The van der Waals surface area contributed by atoms with Crippen LogP contribution in [0.2, 0.25) is 0 Å². The fraction of sp³-hybridized carbons (Fsp3) is 0.385. The van der Waals surface area contributed by atoms with Gasteiger partial charge in [0.25, 0.3) is 0 Å². The maximum atomic E-state index is 13.7. The summed E-state index contributed by atoms with van der Waals surface area (Å²) in [7, 11) is 0. The smallest absolute Gasteiger partial charge is 0.427 e. The topological polar surface area (TPSA) is 9.23 Å². The molecule has 0 aromatic carbocycles. The van der Waals surface area contributed by atoms with Crippen LogP contribution >= 0.6 is 0 Å². The molecule has 16 heavy (non-hydrogen) atoms. The van der Waals surface area contributed by atoms with Gasteiger partial charge in [-0.15, -0.1) is 0 Å². The van der Waals surface area contributed by atoms with Gasteiger partial charge in [0, 0.05) is 5.57 Å². The predicted molar refractivity (Wildman–Crippen MR) is 56.8 cm³/mol. The third kappa shape index (κ3) is 1.34. The molecule has 1 saturated heterocycles. The summed E-state index contributed by atoms with van der Waals surface area (Å²) in [5.41, 5.74) is 1.57. The maximum absolute atomic E-state index is 13.7. The van der Waals surface area contributed by atoms with Crippen molar-refractivity contribution >= 4 is 0 Å². The molecule has 2 aliphatic carbocycles. The summed E-state index contributed by atoms with van der Waals surface area (Å²) in [6.45, 7) is 0. The number of allylic oxidation sites excluding steroid dienone is 5. The number of alkyl halides is 2. The lowest BCUT2D eigenvalue weighted by Gasteiger charge is -2.34. The molecule has 0 spiro atoms. The molecule has 0 bridgehead atoms. The molecule has 3 heteroatoms. The molecular weight excluding hydrogens is 210 g/mol. The van der Waals surface area contributed by atoms with E-state index in [0.29, 0.717) is 17.8 Å². The average molecular weight is 222 g/mol. The highest BCUT2D eigenvalue weighted by molar-refractivity contribution is 5.60. The largest absolute Gasteiger partial charge is 0.429 e. The molecule has 84 valence electrons. The molecule has 0 saturated carbocycles. The molecule has 3 aliphatic rings. The number of hydrogen-bond acceptors (Lipinski definition) is 1. The van der Waals surface area contributed by atoms with Crippen LogP contribution < -0.4 is 0 Å². The first-order valence-electron chi connectivity index (χ1n) is 5.57. The lowest BCUT2D eigenvalue weighted by Crippen LogP contribution is -2.32. The molecule has 0 aromatic heterocycles. The molecule has 0 aromatic rings. The van der Waals surface area contributed by atoms with Crippen LogP contribution in [0.15, 0.2) is 46.8 Å². The Morgan fingerprint density at radius 2 is 1.50 bits per heavy atom. The zero-order valence-electron chi connectivity index (χ0n) is 8.80. The first kappa shape index (κ1) is 9.82. The molecule has 0 unspecified atom stereocenters. The highest BCUT2D eigenvalue weighted by Gasteiger charge is 2.46. The number of rotatable bonds is 0. The van der Waals surface area contributed by atoms with Gasteiger partial charge in [-0.1, -0.05) is 18.2 Å². The summed E-state index contributed by atoms with van der Waals surface area (Å²) in [4.78, 5) is 0. The van der Waals surface area contributed by atoms with Crippen LogP contribution in [0, 0.1) is 0 Å². The van der Waals surface area contributed by atoms with E-state index in [4.69, 9.17) is 4.74 Å². The number of ether oxygens (including phenoxy) is 1. The lowest BCUT2D eigenvalue weighted by molar-refractivity contribution is -0.183. The highest BCUT2D eigenvalue weighted by Crippen LogP contribution is 2.47. The molecule has 3 rings (SSSR count).